The Morgan fingerprint density at radius 2 is 2.00 bits per heavy atom. The van der Waals surface area contributed by atoms with E-state index in [9.17, 15) is 23.7 Å². The molecular formula is C19H14F2N4O3. The van der Waals surface area contributed by atoms with Gasteiger partial charge in [-0.1, -0.05) is 6.07 Å². The number of halogens is 2. The van der Waals surface area contributed by atoms with Gasteiger partial charge in [-0.15, -0.1) is 0 Å². The molecule has 1 amide bonds. The highest BCUT2D eigenvalue weighted by Crippen LogP contribution is 2.31. The molecule has 2 heterocycles. The first-order valence-corrected chi connectivity index (χ1v) is 8.54. The van der Waals surface area contributed by atoms with Crippen molar-refractivity contribution < 1.29 is 18.5 Å². The van der Waals surface area contributed by atoms with Crippen LogP contribution >= 0.6 is 0 Å². The molecule has 1 aliphatic heterocycles. The molecule has 4 rings (SSSR count). The number of nitrogens with zero attached hydrogens (tertiary/aromatic N) is 4. The number of fused-ring (bicyclic) bond motifs is 1. The van der Waals surface area contributed by atoms with Gasteiger partial charge < -0.3 is 4.90 Å². The van der Waals surface area contributed by atoms with Crippen molar-refractivity contribution in [3.63, 3.8) is 0 Å². The van der Waals surface area contributed by atoms with Crippen LogP contribution in [0.1, 0.15) is 22.5 Å². The minimum Gasteiger partial charge on any atom is -0.306 e. The van der Waals surface area contributed by atoms with E-state index in [4.69, 9.17) is 0 Å². The molecule has 0 N–H and O–H groups in total. The van der Waals surface area contributed by atoms with Crippen molar-refractivity contribution in [1.29, 1.82) is 0 Å². The van der Waals surface area contributed by atoms with Gasteiger partial charge in [-0.2, -0.15) is 5.10 Å². The van der Waals surface area contributed by atoms with Crippen molar-refractivity contribution in [3.05, 3.63) is 81.7 Å². The molecule has 0 saturated carbocycles. The molecule has 0 radical (unpaired) electrons. The van der Waals surface area contributed by atoms with Crippen LogP contribution in [0, 0.1) is 21.7 Å². The molecule has 28 heavy (non-hydrogen) atoms. The first kappa shape index (κ1) is 17.8. The van der Waals surface area contributed by atoms with Crippen LogP contribution in [0.5, 0.6) is 0 Å². The van der Waals surface area contributed by atoms with E-state index < -0.39 is 22.5 Å². The Balaban J connectivity index is 1.67. The average molecular weight is 384 g/mol. The number of carbonyl (C=O) groups is 1. The number of rotatable bonds is 3. The van der Waals surface area contributed by atoms with E-state index in [2.05, 4.69) is 5.10 Å². The summed E-state index contributed by atoms with van der Waals surface area (Å²) in [6.45, 7) is 0.318. The smallest absolute Gasteiger partial charge is 0.278 e. The van der Waals surface area contributed by atoms with Crippen LogP contribution in [0.25, 0.3) is 5.69 Å². The summed E-state index contributed by atoms with van der Waals surface area (Å²) >= 11 is 0. The second-order valence-electron chi connectivity index (χ2n) is 6.37. The second-order valence-corrected chi connectivity index (χ2v) is 6.37. The van der Waals surface area contributed by atoms with E-state index in [-0.39, 0.29) is 17.1 Å². The molecule has 1 aromatic heterocycles. The van der Waals surface area contributed by atoms with E-state index in [1.54, 1.807) is 6.07 Å². The zero-order valence-electron chi connectivity index (χ0n) is 14.5. The number of nitro groups is 1. The molecule has 142 valence electrons. The van der Waals surface area contributed by atoms with Gasteiger partial charge in [0.15, 0.2) is 5.69 Å². The molecule has 0 fully saturated rings. The first-order chi connectivity index (χ1) is 13.4. The predicted molar refractivity (Wildman–Crippen MR) is 96.6 cm³/mol. The normalized spacial score (nSPS) is 13.3. The number of hydrogen-bond donors (Lipinski definition) is 0. The number of amides is 1. The summed E-state index contributed by atoms with van der Waals surface area (Å²) in [6, 6.07) is 9.25. The molecule has 0 saturated heterocycles. The summed E-state index contributed by atoms with van der Waals surface area (Å²) in [4.78, 5) is 24.6. The number of benzene rings is 2. The first-order valence-electron chi connectivity index (χ1n) is 8.54. The lowest BCUT2D eigenvalue weighted by molar-refractivity contribution is -0.384. The van der Waals surface area contributed by atoms with Crippen LogP contribution in [0.4, 0.5) is 20.2 Å². The molecule has 0 bridgehead atoms. The molecular weight excluding hydrogens is 370 g/mol. The van der Waals surface area contributed by atoms with E-state index >= 15 is 0 Å². The molecule has 0 atom stereocenters. The monoisotopic (exact) mass is 384 g/mol. The van der Waals surface area contributed by atoms with Crippen molar-refractivity contribution in [2.75, 3.05) is 11.4 Å². The zero-order valence-corrected chi connectivity index (χ0v) is 14.5. The standard InChI is InChI=1S/C19H14F2N4O3/c20-12-9-16(21)15-5-2-7-23(18(15)10-12)19(26)17-6-8-24(22-17)13-3-1-4-14(11-13)25(27)28/h1,3-4,6,8-11H,2,5,7H2. The van der Waals surface area contributed by atoms with Crippen molar-refractivity contribution >= 4 is 17.3 Å². The Morgan fingerprint density at radius 1 is 1.18 bits per heavy atom. The Morgan fingerprint density at radius 3 is 2.79 bits per heavy atom. The predicted octanol–water partition coefficient (Wildman–Crippen LogP) is 3.65. The van der Waals surface area contributed by atoms with Gasteiger partial charge in [-0.3, -0.25) is 14.9 Å². The highest BCUT2D eigenvalue weighted by atomic mass is 19.1. The lowest BCUT2D eigenvalue weighted by Gasteiger charge is -2.29. The maximum absolute atomic E-state index is 14.0. The van der Waals surface area contributed by atoms with Crippen LogP contribution < -0.4 is 4.90 Å². The van der Waals surface area contributed by atoms with Gasteiger partial charge in [0.2, 0.25) is 0 Å². The van der Waals surface area contributed by atoms with Gasteiger partial charge in [-0.05, 0) is 31.0 Å². The Hall–Kier alpha value is -3.62. The Kier molecular flexibility index (Phi) is 4.34. The maximum Gasteiger partial charge on any atom is 0.278 e. The van der Waals surface area contributed by atoms with Crippen molar-refractivity contribution in [2.45, 2.75) is 12.8 Å². The molecule has 2 aromatic carbocycles. The molecule has 9 heteroatoms. The van der Waals surface area contributed by atoms with Crippen LogP contribution in [0.15, 0.2) is 48.7 Å². The number of nitro benzene ring substituents is 1. The number of hydrogen-bond acceptors (Lipinski definition) is 4. The highest BCUT2D eigenvalue weighted by Gasteiger charge is 2.28. The molecule has 0 spiro atoms. The number of carbonyl (C=O) groups excluding carboxylic acids is 1. The van der Waals surface area contributed by atoms with E-state index in [0.717, 1.165) is 12.1 Å². The fraction of sp³-hybridized carbons (Fsp3) is 0.158. The van der Waals surface area contributed by atoms with E-state index in [0.29, 0.717) is 30.6 Å². The minimum absolute atomic E-state index is 0.0732. The van der Waals surface area contributed by atoms with Gasteiger partial charge in [0.1, 0.15) is 11.6 Å². The van der Waals surface area contributed by atoms with Crippen molar-refractivity contribution in [2.24, 2.45) is 0 Å². The third-order valence-electron chi connectivity index (χ3n) is 4.59. The molecule has 1 aliphatic rings. The molecule has 3 aromatic rings. The largest absolute Gasteiger partial charge is 0.306 e. The van der Waals surface area contributed by atoms with Gasteiger partial charge in [0, 0.05) is 36.5 Å². The SMILES string of the molecule is O=C(c1ccn(-c2cccc([N+](=O)[O-])c2)n1)N1CCCc2c(F)cc(F)cc21. The zero-order chi connectivity index (χ0) is 19.8. The maximum atomic E-state index is 14.0. The summed E-state index contributed by atoms with van der Waals surface area (Å²) in [5.41, 5.74) is 0.906. The number of aromatic nitrogens is 2. The van der Waals surface area contributed by atoms with Crippen LogP contribution in [-0.4, -0.2) is 27.2 Å². The summed E-state index contributed by atoms with van der Waals surface area (Å²) in [7, 11) is 0. The fourth-order valence-electron chi connectivity index (χ4n) is 3.29. The van der Waals surface area contributed by atoms with E-state index in [1.165, 1.54) is 40.0 Å². The fourth-order valence-corrected chi connectivity index (χ4v) is 3.29. The average Bonchev–Trinajstić information content (AvgIpc) is 3.17. The van der Waals surface area contributed by atoms with Crippen molar-refractivity contribution in [3.8, 4) is 5.69 Å². The van der Waals surface area contributed by atoms with Crippen molar-refractivity contribution in [1.82, 2.24) is 9.78 Å². The second kappa shape index (κ2) is 6.84. The lowest BCUT2D eigenvalue weighted by atomic mass is 10.0. The quantitative estimate of drug-likeness (QED) is 0.510. The third-order valence-corrected chi connectivity index (χ3v) is 4.59. The summed E-state index contributed by atoms with van der Waals surface area (Å²) in [5, 5.41) is 15.1. The third kappa shape index (κ3) is 3.11. The van der Waals surface area contributed by atoms with Gasteiger partial charge in [-0.25, -0.2) is 13.5 Å². The molecule has 0 unspecified atom stereocenters. The van der Waals surface area contributed by atoms with E-state index in [1.807, 2.05) is 0 Å². The van der Waals surface area contributed by atoms with Crippen LogP contribution in [0.2, 0.25) is 0 Å². The molecule has 7 nitrogen and oxygen atoms in total. The summed E-state index contributed by atoms with van der Waals surface area (Å²) in [6.07, 6.45) is 2.48. The van der Waals surface area contributed by atoms with Gasteiger partial charge >= 0.3 is 0 Å². The lowest BCUT2D eigenvalue weighted by Crippen LogP contribution is -2.36. The topological polar surface area (TPSA) is 81.3 Å². The van der Waals surface area contributed by atoms with Gasteiger partial charge in [0.25, 0.3) is 11.6 Å². The number of anilines is 1. The Bertz CT molecular complexity index is 1100. The number of non-ortho nitro benzene ring substituents is 1. The minimum atomic E-state index is -0.752. The summed E-state index contributed by atoms with van der Waals surface area (Å²) in [5.74, 6) is -1.91. The van der Waals surface area contributed by atoms with Crippen LogP contribution in [0.3, 0.4) is 0 Å². The molecule has 0 aliphatic carbocycles. The van der Waals surface area contributed by atoms with Gasteiger partial charge in [0.05, 0.1) is 16.3 Å². The summed E-state index contributed by atoms with van der Waals surface area (Å²) < 4.78 is 29.1. The Labute approximate surface area is 158 Å². The highest BCUT2D eigenvalue weighted by molar-refractivity contribution is 6.05. The van der Waals surface area contributed by atoms with Crippen LogP contribution in [-0.2, 0) is 6.42 Å².